The Morgan fingerprint density at radius 1 is 0.602 bits per heavy atom. The van der Waals surface area contributed by atoms with Crippen LogP contribution in [0.15, 0.2) is 75.6 Å². The standard InChI is InChI=1S/C54H84N18O11/c1-31(2)25-38(45(76)68-37(51(82)83)19-11-23-64-54(60)61)69-47(78)40(27-33-15-7-4-8-16-33)70-46(77)39(26-32-13-5-3-6-14-32)66-43(74)29-65-48(79)42-28-34(73)30-72(42)50(81)41-20-12-24-71(41)49(80)36(18-10-22-63-53(58)59)67-44(75)35(55)17-9-21-62-52(56)57/h3-8,13-16,31,34-42,73H,9-12,17-30,55H2,1-2H3,(H,65,79)(H,66,74)(H,67,75)(H,68,76)(H,69,78)(H,70,77)(H,82,83)(H4,56,57,62)(H4,58,59,63)(H4,60,61,64)/t34-,35?,36-,37-,38-,39-,40+,41-,42-/m0/s1. The number of carbonyl (C=O) groups excluding carboxylic acids is 8. The fourth-order valence-corrected chi connectivity index (χ4v) is 9.60. The third kappa shape index (κ3) is 23.1. The highest BCUT2D eigenvalue weighted by molar-refractivity contribution is 5.98. The van der Waals surface area contributed by atoms with Crippen LogP contribution in [-0.2, 0) is 56.0 Å². The summed E-state index contributed by atoms with van der Waals surface area (Å²) in [6.07, 6.45) is 0.343. The minimum Gasteiger partial charge on any atom is -0.480 e. The molecule has 2 aliphatic rings. The molecule has 8 amide bonds. The monoisotopic (exact) mass is 1160 g/mol. The van der Waals surface area contributed by atoms with Crippen LogP contribution >= 0.6 is 0 Å². The van der Waals surface area contributed by atoms with E-state index in [0.29, 0.717) is 24.0 Å². The van der Waals surface area contributed by atoms with Crippen LogP contribution in [0.2, 0.25) is 0 Å². The number of nitrogens with zero attached hydrogens (tertiary/aromatic N) is 5. The molecule has 1 unspecified atom stereocenters. The Kier molecular flexibility index (Phi) is 27.4. The summed E-state index contributed by atoms with van der Waals surface area (Å²) in [5.41, 5.74) is 39.9. The average molecular weight is 1160 g/mol. The summed E-state index contributed by atoms with van der Waals surface area (Å²) in [6, 6.07) is 7.59. The lowest BCUT2D eigenvalue weighted by Crippen LogP contribution is -2.59. The molecule has 9 atom stereocenters. The van der Waals surface area contributed by atoms with E-state index in [2.05, 4.69) is 46.9 Å². The first-order valence-electron chi connectivity index (χ1n) is 27.7. The summed E-state index contributed by atoms with van der Waals surface area (Å²) in [5.74, 6) is -7.74. The molecule has 83 heavy (non-hydrogen) atoms. The highest BCUT2D eigenvalue weighted by atomic mass is 16.4. The van der Waals surface area contributed by atoms with Crippen LogP contribution in [0.3, 0.4) is 0 Å². The second-order valence-corrected chi connectivity index (χ2v) is 21.0. The van der Waals surface area contributed by atoms with Crippen LogP contribution in [0.4, 0.5) is 0 Å². The minimum atomic E-state index is -1.35. The van der Waals surface area contributed by atoms with Gasteiger partial charge in [-0.15, -0.1) is 0 Å². The summed E-state index contributed by atoms with van der Waals surface area (Å²) in [4.78, 5) is 139. The molecule has 456 valence electrons. The number of rotatable bonds is 33. The summed E-state index contributed by atoms with van der Waals surface area (Å²) >= 11 is 0. The lowest BCUT2D eigenvalue weighted by Gasteiger charge is -2.33. The topological polar surface area (TPSA) is 492 Å². The number of carboxylic acid groups (broad SMARTS) is 1. The summed E-state index contributed by atoms with van der Waals surface area (Å²) in [5, 5.41) is 36.6. The molecule has 0 aromatic heterocycles. The van der Waals surface area contributed by atoms with Crippen molar-refractivity contribution in [2.24, 2.45) is 61.0 Å². The molecule has 22 N–H and O–H groups in total. The van der Waals surface area contributed by atoms with Crippen LogP contribution < -0.4 is 72.0 Å². The first-order valence-corrected chi connectivity index (χ1v) is 27.7. The number of benzene rings is 2. The van der Waals surface area contributed by atoms with Gasteiger partial charge in [-0.25, -0.2) is 4.79 Å². The number of hydrogen-bond acceptors (Lipinski definition) is 14. The molecular weight excluding hydrogens is 1080 g/mol. The predicted octanol–water partition coefficient (Wildman–Crippen LogP) is -4.42. The van der Waals surface area contributed by atoms with Crippen LogP contribution in [0.5, 0.6) is 0 Å². The molecule has 0 saturated carbocycles. The van der Waals surface area contributed by atoms with Gasteiger partial charge >= 0.3 is 5.97 Å². The number of nitrogens with two attached hydrogens (primary N) is 7. The summed E-state index contributed by atoms with van der Waals surface area (Å²) in [7, 11) is 0. The van der Waals surface area contributed by atoms with E-state index in [1.165, 1.54) is 4.90 Å². The van der Waals surface area contributed by atoms with Gasteiger partial charge in [0.1, 0.15) is 42.3 Å². The third-order valence-corrected chi connectivity index (χ3v) is 13.7. The lowest BCUT2D eigenvalue weighted by molar-refractivity contribution is -0.148. The van der Waals surface area contributed by atoms with Gasteiger partial charge in [0.25, 0.3) is 0 Å². The number of β-amino-alcohol motifs (C(OH)–C–C–N with tert-alkyl or cyclic N) is 1. The molecule has 2 aromatic carbocycles. The Hall–Kier alpha value is -8.60. The Labute approximate surface area is 482 Å². The molecule has 2 fully saturated rings. The maximum absolute atomic E-state index is 14.4. The van der Waals surface area contributed by atoms with Crippen LogP contribution in [0.25, 0.3) is 0 Å². The second kappa shape index (κ2) is 34.0. The van der Waals surface area contributed by atoms with Gasteiger partial charge in [-0.1, -0.05) is 74.5 Å². The third-order valence-electron chi connectivity index (χ3n) is 13.7. The van der Waals surface area contributed by atoms with Crippen molar-refractivity contribution in [3.63, 3.8) is 0 Å². The number of guanidine groups is 3. The largest absolute Gasteiger partial charge is 0.480 e. The molecule has 29 heteroatoms. The first-order chi connectivity index (χ1) is 39.4. The van der Waals surface area contributed by atoms with Crippen molar-refractivity contribution in [2.75, 3.05) is 39.3 Å². The van der Waals surface area contributed by atoms with Crippen LogP contribution in [0.1, 0.15) is 89.2 Å². The lowest BCUT2D eigenvalue weighted by atomic mass is 9.99. The van der Waals surface area contributed by atoms with Gasteiger partial charge in [-0.05, 0) is 74.8 Å². The molecule has 0 spiro atoms. The summed E-state index contributed by atoms with van der Waals surface area (Å²) in [6.45, 7) is 3.29. The Morgan fingerprint density at radius 2 is 1.07 bits per heavy atom. The van der Waals surface area contributed by atoms with Gasteiger partial charge in [0.15, 0.2) is 17.9 Å². The molecule has 0 bridgehead atoms. The van der Waals surface area contributed by atoms with Gasteiger partial charge in [-0.2, -0.15) is 0 Å². The minimum absolute atomic E-state index is 0.0187. The number of aliphatic imine (C=N–C) groups is 3. The SMILES string of the molecule is CC(C)C[C@H](NC(=O)[C@@H](Cc1ccccc1)NC(=O)[C@H](Cc1ccccc1)NC(=O)CNC(=O)[C@@H]1C[C@H](O)CN1C(=O)[C@@H]1CCCN1C(=O)[C@H](CCCN=C(N)N)NC(=O)C(N)CCCN=C(N)N)C(=O)N[C@@H](CCCN=C(N)N)C(=O)O. The van der Waals surface area contributed by atoms with Gasteiger partial charge < -0.3 is 92.0 Å². The van der Waals surface area contributed by atoms with E-state index in [9.17, 15) is 53.4 Å². The van der Waals surface area contributed by atoms with E-state index in [4.69, 9.17) is 40.1 Å². The zero-order valence-electron chi connectivity index (χ0n) is 47.1. The Bertz CT molecular complexity index is 2600. The zero-order chi connectivity index (χ0) is 61.2. The van der Waals surface area contributed by atoms with E-state index >= 15 is 0 Å². The highest BCUT2D eigenvalue weighted by Gasteiger charge is 2.46. The molecule has 2 saturated heterocycles. The molecular formula is C54H84N18O11. The molecule has 2 aromatic rings. The zero-order valence-corrected chi connectivity index (χ0v) is 47.1. The predicted molar refractivity (Wildman–Crippen MR) is 309 cm³/mol. The molecule has 4 rings (SSSR count). The number of carbonyl (C=O) groups is 9. The van der Waals surface area contributed by atoms with Gasteiger partial charge in [0.05, 0.1) is 18.7 Å². The Balaban J connectivity index is 1.49. The van der Waals surface area contributed by atoms with E-state index in [1.807, 2.05) is 13.8 Å². The van der Waals surface area contributed by atoms with Crippen molar-refractivity contribution in [1.82, 2.24) is 41.7 Å². The van der Waals surface area contributed by atoms with Crippen molar-refractivity contribution in [3.05, 3.63) is 71.8 Å². The van der Waals surface area contributed by atoms with Crippen LogP contribution in [-0.4, -0.2) is 185 Å². The summed E-state index contributed by atoms with van der Waals surface area (Å²) < 4.78 is 0. The maximum atomic E-state index is 14.4. The van der Waals surface area contributed by atoms with Crippen molar-refractivity contribution in [3.8, 4) is 0 Å². The Morgan fingerprint density at radius 3 is 1.59 bits per heavy atom. The smallest absolute Gasteiger partial charge is 0.326 e. The fraction of sp³-hybridized carbons (Fsp3) is 0.556. The van der Waals surface area contributed by atoms with E-state index in [-0.39, 0.29) is 121 Å². The molecule has 29 nitrogen and oxygen atoms in total. The number of amides is 8. The number of nitrogens with one attached hydrogen (secondary N) is 6. The molecule has 0 aliphatic carbocycles. The number of aliphatic carboxylic acids is 1. The number of carboxylic acids is 1. The van der Waals surface area contributed by atoms with Gasteiger partial charge in [0.2, 0.25) is 47.3 Å². The quantitative estimate of drug-likeness (QED) is 0.0182. The average Bonchev–Trinajstić information content (AvgIpc) is 3.84. The van der Waals surface area contributed by atoms with Crippen molar-refractivity contribution >= 4 is 71.1 Å². The molecule has 0 radical (unpaired) electrons. The molecule has 2 aliphatic heterocycles. The van der Waals surface area contributed by atoms with Crippen molar-refractivity contribution in [1.29, 1.82) is 0 Å². The van der Waals surface area contributed by atoms with Crippen molar-refractivity contribution < 1.29 is 53.4 Å². The highest BCUT2D eigenvalue weighted by Crippen LogP contribution is 2.27. The van der Waals surface area contributed by atoms with E-state index in [1.54, 1.807) is 60.7 Å². The van der Waals surface area contributed by atoms with Gasteiger partial charge in [0, 0.05) is 52.0 Å². The van der Waals surface area contributed by atoms with E-state index in [0.717, 1.165) is 4.90 Å². The van der Waals surface area contributed by atoms with E-state index < -0.39 is 114 Å². The van der Waals surface area contributed by atoms with Crippen LogP contribution in [0, 0.1) is 5.92 Å². The maximum Gasteiger partial charge on any atom is 0.326 e. The fourth-order valence-electron chi connectivity index (χ4n) is 9.60. The first kappa shape index (κ1) is 66.9. The normalized spacial score (nSPS) is 17.7. The number of hydrogen-bond donors (Lipinski definition) is 15. The number of likely N-dealkylation sites (tertiary alicyclic amines) is 2. The number of aliphatic hydroxyl groups is 1. The van der Waals surface area contributed by atoms with Gasteiger partial charge in [-0.3, -0.25) is 53.3 Å². The number of aliphatic hydroxyl groups excluding tert-OH is 1. The van der Waals surface area contributed by atoms with Crippen molar-refractivity contribution in [2.45, 2.75) is 145 Å². The second-order valence-electron chi connectivity index (χ2n) is 21.0. The molecule has 2 heterocycles.